The minimum Gasteiger partial charge on any atom is -0.469 e. The van der Waals surface area contributed by atoms with Crippen molar-refractivity contribution in [2.45, 2.75) is 13.0 Å². The summed E-state index contributed by atoms with van der Waals surface area (Å²) in [6, 6.07) is 0. The Morgan fingerprint density at radius 1 is 1.50 bits per heavy atom. The molecule has 2 heterocycles. The van der Waals surface area contributed by atoms with Gasteiger partial charge in [-0.1, -0.05) is 0 Å². The van der Waals surface area contributed by atoms with Crippen LogP contribution in [0.2, 0.25) is 0 Å². The van der Waals surface area contributed by atoms with Crippen LogP contribution in [0.3, 0.4) is 0 Å². The van der Waals surface area contributed by atoms with E-state index in [1.165, 1.54) is 7.11 Å². The molecular weight excluding hydrogens is 300 g/mol. The molecule has 1 N–H and O–H groups in total. The smallest absolute Gasteiger partial charge is 0.306 e. The summed E-state index contributed by atoms with van der Waals surface area (Å²) in [5.41, 5.74) is 1.81. The molecule has 18 heavy (non-hydrogen) atoms. The zero-order valence-electron chi connectivity index (χ0n) is 9.89. The fourth-order valence-corrected chi connectivity index (χ4v) is 1.86. The van der Waals surface area contributed by atoms with Crippen LogP contribution in [0.4, 0.5) is 0 Å². The second-order valence-electron chi connectivity index (χ2n) is 3.69. The van der Waals surface area contributed by atoms with Gasteiger partial charge in [0.2, 0.25) is 0 Å². The molecule has 2 rings (SSSR count). The van der Waals surface area contributed by atoms with Gasteiger partial charge in [0.15, 0.2) is 5.65 Å². The number of carbonyl (C=O) groups excluding carboxylic acids is 1. The summed E-state index contributed by atoms with van der Waals surface area (Å²) in [6.45, 7) is 1.21. The molecule has 0 spiro atoms. The van der Waals surface area contributed by atoms with E-state index in [9.17, 15) is 4.79 Å². The maximum absolute atomic E-state index is 10.9. The largest absolute Gasteiger partial charge is 0.469 e. The number of imidazole rings is 1. The molecule has 0 fully saturated rings. The predicted octanol–water partition coefficient (Wildman–Crippen LogP) is 1.14. The minimum absolute atomic E-state index is 0.215. The van der Waals surface area contributed by atoms with Crippen LogP contribution in [0, 0.1) is 0 Å². The van der Waals surface area contributed by atoms with Crippen LogP contribution in [0.15, 0.2) is 23.2 Å². The summed E-state index contributed by atoms with van der Waals surface area (Å²) in [4.78, 5) is 19.3. The zero-order valence-corrected chi connectivity index (χ0v) is 11.5. The average molecular weight is 313 g/mol. The maximum Gasteiger partial charge on any atom is 0.306 e. The van der Waals surface area contributed by atoms with Gasteiger partial charge in [0.05, 0.1) is 31.6 Å². The Hall–Kier alpha value is -1.47. The summed E-state index contributed by atoms with van der Waals surface area (Å²) in [5.74, 6) is -0.215. The Morgan fingerprint density at radius 2 is 2.33 bits per heavy atom. The van der Waals surface area contributed by atoms with E-state index in [1.807, 2.05) is 10.6 Å². The van der Waals surface area contributed by atoms with Gasteiger partial charge < -0.3 is 10.1 Å². The molecule has 0 radical (unpaired) electrons. The molecular formula is C11H13BrN4O2. The van der Waals surface area contributed by atoms with Crippen LogP contribution in [0.1, 0.15) is 12.1 Å². The predicted molar refractivity (Wildman–Crippen MR) is 69.0 cm³/mol. The number of fused-ring (bicyclic) bond motifs is 1. The first kappa shape index (κ1) is 13.0. The number of hydrogen-bond donors (Lipinski definition) is 1. The summed E-state index contributed by atoms with van der Waals surface area (Å²) in [7, 11) is 1.39. The van der Waals surface area contributed by atoms with Gasteiger partial charge >= 0.3 is 5.97 Å². The van der Waals surface area contributed by atoms with E-state index in [0.29, 0.717) is 19.5 Å². The Kier molecular flexibility index (Phi) is 4.27. The van der Waals surface area contributed by atoms with Crippen LogP contribution in [0.5, 0.6) is 0 Å². The first-order valence-corrected chi connectivity index (χ1v) is 6.25. The number of hydrogen-bond acceptors (Lipinski definition) is 5. The highest BCUT2D eigenvalue weighted by Crippen LogP contribution is 2.10. The van der Waals surface area contributed by atoms with Gasteiger partial charge in [0.1, 0.15) is 4.60 Å². The van der Waals surface area contributed by atoms with E-state index in [4.69, 9.17) is 0 Å². The molecule has 0 amide bonds. The highest BCUT2D eigenvalue weighted by molar-refractivity contribution is 9.10. The maximum atomic E-state index is 10.9. The van der Waals surface area contributed by atoms with Crippen LogP contribution in [-0.2, 0) is 16.1 Å². The van der Waals surface area contributed by atoms with Gasteiger partial charge in [-0.05, 0) is 15.9 Å². The third kappa shape index (κ3) is 3.05. The number of methoxy groups -OCH3 is 1. The van der Waals surface area contributed by atoms with Crippen molar-refractivity contribution in [1.29, 1.82) is 0 Å². The highest BCUT2D eigenvalue weighted by atomic mass is 79.9. The lowest BCUT2D eigenvalue weighted by Gasteiger charge is -2.04. The molecule has 0 saturated heterocycles. The molecule has 96 valence electrons. The highest BCUT2D eigenvalue weighted by Gasteiger charge is 2.04. The molecule has 7 heteroatoms. The van der Waals surface area contributed by atoms with Crippen LogP contribution in [0.25, 0.3) is 5.65 Å². The van der Waals surface area contributed by atoms with Gasteiger partial charge in [0.25, 0.3) is 0 Å². The Bertz CT molecular complexity index is 555. The van der Waals surface area contributed by atoms with Gasteiger partial charge in [-0.15, -0.1) is 0 Å². The third-order valence-corrected chi connectivity index (χ3v) is 2.89. The first-order valence-electron chi connectivity index (χ1n) is 5.45. The average Bonchev–Trinajstić information content (AvgIpc) is 2.77. The fourth-order valence-electron chi connectivity index (χ4n) is 1.56. The fraction of sp³-hybridized carbons (Fsp3) is 0.364. The lowest BCUT2D eigenvalue weighted by atomic mass is 10.4. The van der Waals surface area contributed by atoms with Gasteiger partial charge in [-0.25, -0.2) is 9.97 Å². The number of nitrogens with one attached hydrogen (secondary N) is 1. The topological polar surface area (TPSA) is 68.5 Å². The SMILES string of the molecule is COC(=O)CCNCc1cnc2cnc(Br)cn12. The van der Waals surface area contributed by atoms with Gasteiger partial charge in [0, 0.05) is 19.3 Å². The van der Waals surface area contributed by atoms with Crippen molar-refractivity contribution in [2.24, 2.45) is 0 Å². The monoisotopic (exact) mass is 312 g/mol. The lowest BCUT2D eigenvalue weighted by Crippen LogP contribution is -2.19. The van der Waals surface area contributed by atoms with E-state index in [-0.39, 0.29) is 5.97 Å². The van der Waals surface area contributed by atoms with Crippen molar-refractivity contribution in [2.75, 3.05) is 13.7 Å². The van der Waals surface area contributed by atoms with Crippen LogP contribution in [-0.4, -0.2) is 34.0 Å². The molecule has 0 aliphatic rings. The molecule has 0 bridgehead atoms. The van der Waals surface area contributed by atoms with Crippen molar-refractivity contribution in [3.05, 3.63) is 28.9 Å². The molecule has 2 aromatic rings. The van der Waals surface area contributed by atoms with E-state index in [0.717, 1.165) is 15.9 Å². The van der Waals surface area contributed by atoms with E-state index < -0.39 is 0 Å². The number of nitrogens with zero attached hydrogens (tertiary/aromatic N) is 3. The molecule has 0 atom stereocenters. The number of ether oxygens (including phenoxy) is 1. The third-order valence-electron chi connectivity index (χ3n) is 2.48. The van der Waals surface area contributed by atoms with E-state index >= 15 is 0 Å². The standard InChI is InChI=1S/C11H13BrN4O2/c1-18-11(17)2-3-13-4-8-5-15-10-6-14-9(12)7-16(8)10/h5-7,13H,2-4H2,1H3. The summed E-state index contributed by atoms with van der Waals surface area (Å²) in [6.07, 6.45) is 5.70. The quantitative estimate of drug-likeness (QED) is 0.662. The lowest BCUT2D eigenvalue weighted by molar-refractivity contribution is -0.140. The molecule has 0 saturated carbocycles. The van der Waals surface area contributed by atoms with Crippen molar-refractivity contribution in [3.8, 4) is 0 Å². The zero-order chi connectivity index (χ0) is 13.0. The molecule has 0 aromatic carbocycles. The number of rotatable bonds is 5. The van der Waals surface area contributed by atoms with E-state index in [2.05, 4.69) is 36.0 Å². The Balaban J connectivity index is 1.95. The first-order chi connectivity index (χ1) is 8.70. The second kappa shape index (κ2) is 5.92. The van der Waals surface area contributed by atoms with Crippen LogP contribution < -0.4 is 5.32 Å². The molecule has 0 aliphatic heterocycles. The Morgan fingerprint density at radius 3 is 3.11 bits per heavy atom. The molecule has 2 aromatic heterocycles. The number of halogens is 1. The minimum atomic E-state index is -0.215. The number of carbonyl (C=O) groups is 1. The summed E-state index contributed by atoms with van der Waals surface area (Å²) >= 11 is 3.32. The molecule has 6 nitrogen and oxygen atoms in total. The van der Waals surface area contributed by atoms with Gasteiger partial charge in [-0.2, -0.15) is 0 Å². The Labute approximate surface area is 113 Å². The van der Waals surface area contributed by atoms with Crippen LogP contribution >= 0.6 is 15.9 Å². The van der Waals surface area contributed by atoms with Crippen molar-refractivity contribution in [3.63, 3.8) is 0 Å². The number of aromatic nitrogens is 3. The second-order valence-corrected chi connectivity index (χ2v) is 4.50. The van der Waals surface area contributed by atoms with Gasteiger partial charge in [-0.3, -0.25) is 9.20 Å². The van der Waals surface area contributed by atoms with Crippen molar-refractivity contribution >= 4 is 27.5 Å². The van der Waals surface area contributed by atoms with Crippen molar-refractivity contribution < 1.29 is 9.53 Å². The summed E-state index contributed by atoms with van der Waals surface area (Å²) < 4.78 is 7.26. The number of esters is 1. The molecule has 0 unspecified atom stereocenters. The normalized spacial score (nSPS) is 10.8. The summed E-state index contributed by atoms with van der Waals surface area (Å²) in [5, 5.41) is 3.17. The van der Waals surface area contributed by atoms with E-state index in [1.54, 1.807) is 12.4 Å². The molecule has 0 aliphatic carbocycles. The van der Waals surface area contributed by atoms with Crippen molar-refractivity contribution in [1.82, 2.24) is 19.7 Å².